The molecule has 1 amide bonds. The van der Waals surface area contributed by atoms with Crippen LogP contribution in [0.1, 0.15) is 34.1 Å². The maximum Gasteiger partial charge on any atom is 0.236 e. The molecular formula is C12H26N2O3S. The minimum atomic E-state index is -2.96. The molecule has 0 spiro atoms. The van der Waals surface area contributed by atoms with Gasteiger partial charge in [0.2, 0.25) is 5.91 Å². The quantitative estimate of drug-likeness (QED) is 0.646. The van der Waals surface area contributed by atoms with Gasteiger partial charge in [-0.3, -0.25) is 4.79 Å². The van der Waals surface area contributed by atoms with Crippen LogP contribution in [0.5, 0.6) is 0 Å². The van der Waals surface area contributed by atoms with Crippen LogP contribution in [0.3, 0.4) is 0 Å². The minimum Gasteiger partial charge on any atom is -0.355 e. The molecule has 0 rings (SSSR count). The van der Waals surface area contributed by atoms with E-state index >= 15 is 0 Å². The molecule has 0 aliphatic rings. The monoisotopic (exact) mass is 278 g/mol. The predicted molar refractivity (Wildman–Crippen MR) is 74.3 cm³/mol. The van der Waals surface area contributed by atoms with Crippen LogP contribution < -0.4 is 10.6 Å². The van der Waals surface area contributed by atoms with E-state index in [2.05, 4.69) is 24.5 Å². The molecule has 0 fully saturated rings. The van der Waals surface area contributed by atoms with Crippen molar-refractivity contribution in [2.45, 2.75) is 40.2 Å². The average Bonchev–Trinajstić information content (AvgIpc) is 2.28. The summed E-state index contributed by atoms with van der Waals surface area (Å²) >= 11 is 0. The summed E-state index contributed by atoms with van der Waals surface area (Å²) in [6.45, 7) is 8.54. The number of sulfone groups is 1. The fourth-order valence-corrected chi connectivity index (χ4v) is 2.02. The van der Waals surface area contributed by atoms with Gasteiger partial charge in [0, 0.05) is 18.8 Å². The zero-order chi connectivity index (χ0) is 14.2. The van der Waals surface area contributed by atoms with Crippen molar-refractivity contribution in [1.82, 2.24) is 10.6 Å². The zero-order valence-electron chi connectivity index (χ0n) is 11.8. The molecule has 0 heterocycles. The van der Waals surface area contributed by atoms with Gasteiger partial charge in [0.05, 0.1) is 11.8 Å². The van der Waals surface area contributed by atoms with E-state index in [0.29, 0.717) is 19.0 Å². The number of nitrogens with one attached hydrogen (secondary N) is 2. The molecule has 1 unspecified atom stereocenters. The van der Waals surface area contributed by atoms with Gasteiger partial charge in [0.15, 0.2) is 9.84 Å². The van der Waals surface area contributed by atoms with Crippen molar-refractivity contribution >= 4 is 15.7 Å². The third kappa shape index (κ3) is 8.47. The van der Waals surface area contributed by atoms with Crippen LogP contribution in [0.2, 0.25) is 0 Å². The van der Waals surface area contributed by atoms with Crippen molar-refractivity contribution in [1.29, 1.82) is 0 Å². The second kappa shape index (κ2) is 8.48. The first kappa shape index (κ1) is 17.4. The molecule has 0 bridgehead atoms. The normalized spacial score (nSPS) is 13.6. The summed E-state index contributed by atoms with van der Waals surface area (Å²) in [4.78, 5) is 11.6. The third-order valence-electron chi connectivity index (χ3n) is 2.72. The van der Waals surface area contributed by atoms with Gasteiger partial charge in [0.1, 0.15) is 0 Å². The van der Waals surface area contributed by atoms with Gasteiger partial charge < -0.3 is 10.6 Å². The van der Waals surface area contributed by atoms with E-state index in [1.54, 1.807) is 13.8 Å². The van der Waals surface area contributed by atoms with Crippen LogP contribution in [0, 0.1) is 5.92 Å². The third-order valence-corrected chi connectivity index (χ3v) is 4.42. The molecule has 0 aliphatic carbocycles. The largest absolute Gasteiger partial charge is 0.355 e. The van der Waals surface area contributed by atoms with Gasteiger partial charge in [-0.25, -0.2) is 8.42 Å². The summed E-state index contributed by atoms with van der Waals surface area (Å²) in [6.07, 6.45) is 0.947. The van der Waals surface area contributed by atoms with E-state index in [-0.39, 0.29) is 23.5 Å². The SMILES string of the molecule is CCS(=O)(=O)CCNC(C)C(=O)NCCC(C)C. The molecule has 2 N–H and O–H groups in total. The highest BCUT2D eigenvalue weighted by molar-refractivity contribution is 7.91. The summed E-state index contributed by atoms with van der Waals surface area (Å²) in [7, 11) is -2.96. The molecule has 0 radical (unpaired) electrons. The van der Waals surface area contributed by atoms with Crippen LogP contribution in [0.25, 0.3) is 0 Å². The topological polar surface area (TPSA) is 75.3 Å². The van der Waals surface area contributed by atoms with Crippen molar-refractivity contribution in [3.63, 3.8) is 0 Å². The lowest BCUT2D eigenvalue weighted by Gasteiger charge is -2.14. The maximum absolute atomic E-state index is 11.6. The van der Waals surface area contributed by atoms with Crippen molar-refractivity contribution in [2.24, 2.45) is 5.92 Å². The first-order valence-corrected chi connectivity index (χ1v) is 8.32. The van der Waals surface area contributed by atoms with E-state index in [1.807, 2.05) is 0 Å². The number of rotatable bonds is 9. The van der Waals surface area contributed by atoms with E-state index in [9.17, 15) is 13.2 Å². The number of hydrogen-bond acceptors (Lipinski definition) is 4. The Morgan fingerprint density at radius 1 is 1.17 bits per heavy atom. The molecule has 1 atom stereocenters. The second-order valence-corrected chi connectivity index (χ2v) is 7.36. The van der Waals surface area contributed by atoms with Gasteiger partial charge in [-0.2, -0.15) is 0 Å². The fraction of sp³-hybridized carbons (Fsp3) is 0.917. The molecule has 0 aromatic carbocycles. The minimum absolute atomic E-state index is 0.0765. The molecule has 0 saturated carbocycles. The van der Waals surface area contributed by atoms with Crippen LogP contribution in [-0.4, -0.2) is 45.0 Å². The Balaban J connectivity index is 3.81. The molecule has 108 valence electrons. The lowest BCUT2D eigenvalue weighted by molar-refractivity contribution is -0.122. The maximum atomic E-state index is 11.6. The highest BCUT2D eigenvalue weighted by Gasteiger charge is 2.13. The highest BCUT2D eigenvalue weighted by Crippen LogP contribution is 1.96. The Bertz CT molecular complexity index is 339. The van der Waals surface area contributed by atoms with Gasteiger partial charge in [-0.1, -0.05) is 20.8 Å². The smallest absolute Gasteiger partial charge is 0.236 e. The number of carbonyl (C=O) groups excluding carboxylic acids is 1. The van der Waals surface area contributed by atoms with Crippen molar-refractivity contribution < 1.29 is 13.2 Å². The molecule has 18 heavy (non-hydrogen) atoms. The number of carbonyl (C=O) groups is 1. The highest BCUT2D eigenvalue weighted by atomic mass is 32.2. The molecule has 0 aromatic heterocycles. The lowest BCUT2D eigenvalue weighted by Crippen LogP contribution is -2.44. The number of amides is 1. The van der Waals surface area contributed by atoms with E-state index in [0.717, 1.165) is 6.42 Å². The Labute approximate surface area is 111 Å². The second-order valence-electron chi connectivity index (χ2n) is 4.89. The zero-order valence-corrected chi connectivity index (χ0v) is 12.6. The summed E-state index contributed by atoms with van der Waals surface area (Å²) in [5, 5.41) is 5.74. The molecule has 0 aromatic rings. The summed E-state index contributed by atoms with van der Waals surface area (Å²) in [5.74, 6) is 0.698. The number of hydrogen-bond donors (Lipinski definition) is 2. The van der Waals surface area contributed by atoms with E-state index in [1.165, 1.54) is 0 Å². The lowest BCUT2D eigenvalue weighted by atomic mass is 10.1. The summed E-state index contributed by atoms with van der Waals surface area (Å²) in [5.41, 5.74) is 0. The average molecular weight is 278 g/mol. The first-order chi connectivity index (χ1) is 8.28. The van der Waals surface area contributed by atoms with E-state index < -0.39 is 9.84 Å². The summed E-state index contributed by atoms with van der Waals surface area (Å²) in [6, 6.07) is -0.357. The Morgan fingerprint density at radius 3 is 2.28 bits per heavy atom. The van der Waals surface area contributed by atoms with Crippen LogP contribution in [0.4, 0.5) is 0 Å². The standard InChI is InChI=1S/C12H26N2O3S/c1-5-18(16,17)9-8-13-11(4)12(15)14-7-6-10(2)3/h10-11,13H,5-9H2,1-4H3,(H,14,15). The van der Waals surface area contributed by atoms with Crippen molar-refractivity contribution in [3.05, 3.63) is 0 Å². The molecule has 5 nitrogen and oxygen atoms in total. The molecule has 0 saturated heterocycles. The predicted octanol–water partition coefficient (Wildman–Crippen LogP) is 0.562. The van der Waals surface area contributed by atoms with Crippen molar-refractivity contribution in [3.8, 4) is 0 Å². The Morgan fingerprint density at radius 2 is 1.78 bits per heavy atom. The first-order valence-electron chi connectivity index (χ1n) is 6.50. The van der Waals surface area contributed by atoms with Gasteiger partial charge in [-0.05, 0) is 19.3 Å². The summed E-state index contributed by atoms with van der Waals surface area (Å²) < 4.78 is 22.5. The van der Waals surface area contributed by atoms with Gasteiger partial charge >= 0.3 is 0 Å². The van der Waals surface area contributed by atoms with Crippen LogP contribution >= 0.6 is 0 Å². The Hall–Kier alpha value is -0.620. The van der Waals surface area contributed by atoms with E-state index in [4.69, 9.17) is 0 Å². The molecule has 6 heteroatoms. The van der Waals surface area contributed by atoms with Gasteiger partial charge in [-0.15, -0.1) is 0 Å². The Kier molecular flexibility index (Phi) is 8.18. The van der Waals surface area contributed by atoms with Crippen LogP contribution in [0.15, 0.2) is 0 Å². The molecular weight excluding hydrogens is 252 g/mol. The fourth-order valence-electron chi connectivity index (χ4n) is 1.31. The van der Waals surface area contributed by atoms with Crippen molar-refractivity contribution in [2.75, 3.05) is 24.6 Å². The van der Waals surface area contributed by atoms with Crippen LogP contribution in [-0.2, 0) is 14.6 Å². The van der Waals surface area contributed by atoms with Gasteiger partial charge in [0.25, 0.3) is 0 Å². The molecule has 0 aliphatic heterocycles.